The second-order valence-electron chi connectivity index (χ2n) is 9.17. The zero-order valence-corrected chi connectivity index (χ0v) is 21.3. The lowest BCUT2D eigenvalue weighted by Gasteiger charge is -2.34. The van der Waals surface area contributed by atoms with E-state index in [2.05, 4.69) is 76.6 Å². The van der Waals surface area contributed by atoms with Crippen LogP contribution in [-0.2, 0) is 12.3 Å². The van der Waals surface area contributed by atoms with Crippen molar-refractivity contribution in [3.05, 3.63) is 113 Å². The molecule has 3 aromatic carbocycles. The molecule has 0 bridgehead atoms. The van der Waals surface area contributed by atoms with Gasteiger partial charge in [0.1, 0.15) is 5.03 Å². The number of piperazine rings is 1. The number of carbonyl (C=O) groups is 1. The number of nitrogens with zero attached hydrogens (tertiary/aromatic N) is 4. The zero-order chi connectivity index (χ0) is 24.7. The standard InChI is InChI=1S/C30H30N4OS/c1-23-10-12-26(13-11-23)28-14-15-29(32-31-28)36-22-25-8-5-9-27(20-25)30(35)34-18-16-33(17-19-34)21-24-6-3-2-4-7-24/h2-15,20H,16-19,21-22H2,1H3. The van der Waals surface area contributed by atoms with Gasteiger partial charge in [0.05, 0.1) is 5.69 Å². The van der Waals surface area contributed by atoms with E-state index in [-0.39, 0.29) is 5.91 Å². The fourth-order valence-electron chi connectivity index (χ4n) is 4.36. The topological polar surface area (TPSA) is 49.3 Å². The van der Waals surface area contributed by atoms with Crippen molar-refractivity contribution in [2.24, 2.45) is 0 Å². The van der Waals surface area contributed by atoms with Crippen molar-refractivity contribution in [2.75, 3.05) is 26.2 Å². The van der Waals surface area contributed by atoms with E-state index < -0.39 is 0 Å². The van der Waals surface area contributed by atoms with Gasteiger partial charge >= 0.3 is 0 Å². The second kappa shape index (κ2) is 11.5. The maximum Gasteiger partial charge on any atom is 0.253 e. The molecule has 0 radical (unpaired) electrons. The Morgan fingerprint density at radius 2 is 1.56 bits per heavy atom. The van der Waals surface area contributed by atoms with Crippen LogP contribution in [-0.4, -0.2) is 52.1 Å². The first-order valence-corrected chi connectivity index (χ1v) is 13.3. The molecule has 0 aliphatic carbocycles. The fourth-order valence-corrected chi connectivity index (χ4v) is 5.12. The van der Waals surface area contributed by atoms with Gasteiger partial charge in [-0.25, -0.2) is 0 Å². The van der Waals surface area contributed by atoms with Crippen molar-refractivity contribution in [2.45, 2.75) is 24.2 Å². The number of hydrogen-bond donors (Lipinski definition) is 0. The van der Waals surface area contributed by atoms with Gasteiger partial charge in [-0.2, -0.15) is 0 Å². The Bertz CT molecular complexity index is 1280. The summed E-state index contributed by atoms with van der Waals surface area (Å²) in [6.07, 6.45) is 0. The molecule has 5 rings (SSSR count). The Labute approximate surface area is 217 Å². The third-order valence-electron chi connectivity index (χ3n) is 6.46. The summed E-state index contributed by atoms with van der Waals surface area (Å²) in [6.45, 7) is 6.32. The Morgan fingerprint density at radius 1 is 0.806 bits per heavy atom. The molecule has 182 valence electrons. The van der Waals surface area contributed by atoms with E-state index in [1.165, 1.54) is 11.1 Å². The highest BCUT2D eigenvalue weighted by molar-refractivity contribution is 7.98. The highest BCUT2D eigenvalue weighted by atomic mass is 32.2. The lowest BCUT2D eigenvalue weighted by molar-refractivity contribution is 0.0628. The minimum absolute atomic E-state index is 0.114. The average Bonchev–Trinajstić information content (AvgIpc) is 2.93. The van der Waals surface area contributed by atoms with Crippen molar-refractivity contribution in [3.8, 4) is 11.3 Å². The van der Waals surface area contributed by atoms with E-state index >= 15 is 0 Å². The predicted octanol–water partition coefficient (Wildman–Crippen LogP) is 5.70. The Hall–Kier alpha value is -3.48. The zero-order valence-electron chi connectivity index (χ0n) is 20.5. The number of rotatable bonds is 7. The first kappa shape index (κ1) is 24.2. The summed E-state index contributed by atoms with van der Waals surface area (Å²) in [7, 11) is 0. The van der Waals surface area contributed by atoms with Crippen molar-refractivity contribution < 1.29 is 4.79 Å². The Morgan fingerprint density at radius 3 is 2.28 bits per heavy atom. The highest BCUT2D eigenvalue weighted by Gasteiger charge is 2.22. The molecule has 5 nitrogen and oxygen atoms in total. The first-order valence-electron chi connectivity index (χ1n) is 12.3. The van der Waals surface area contributed by atoms with E-state index in [0.29, 0.717) is 0 Å². The number of amides is 1. The van der Waals surface area contributed by atoms with Gasteiger partial charge in [-0.05, 0) is 42.3 Å². The van der Waals surface area contributed by atoms with E-state index in [1.807, 2.05) is 41.3 Å². The van der Waals surface area contributed by atoms with Crippen LogP contribution in [0, 0.1) is 6.92 Å². The molecule has 36 heavy (non-hydrogen) atoms. The second-order valence-corrected chi connectivity index (χ2v) is 10.2. The van der Waals surface area contributed by atoms with Crippen LogP contribution in [0.2, 0.25) is 0 Å². The van der Waals surface area contributed by atoms with Crippen LogP contribution in [0.15, 0.2) is 96.0 Å². The minimum atomic E-state index is 0.114. The van der Waals surface area contributed by atoms with Gasteiger partial charge in [0, 0.05) is 49.6 Å². The third kappa shape index (κ3) is 6.20. The largest absolute Gasteiger partial charge is 0.336 e. The third-order valence-corrected chi connectivity index (χ3v) is 7.45. The average molecular weight is 495 g/mol. The molecule has 0 unspecified atom stereocenters. The number of aromatic nitrogens is 2. The number of carbonyl (C=O) groups excluding carboxylic acids is 1. The maximum atomic E-state index is 13.2. The monoisotopic (exact) mass is 494 g/mol. The van der Waals surface area contributed by atoms with E-state index in [1.54, 1.807) is 11.8 Å². The molecular weight excluding hydrogens is 464 g/mol. The summed E-state index contributed by atoms with van der Waals surface area (Å²) in [4.78, 5) is 17.6. The summed E-state index contributed by atoms with van der Waals surface area (Å²) >= 11 is 1.63. The van der Waals surface area contributed by atoms with Crippen LogP contribution < -0.4 is 0 Å². The molecule has 0 saturated carbocycles. The Balaban J connectivity index is 1.14. The molecule has 1 saturated heterocycles. The van der Waals surface area contributed by atoms with Gasteiger partial charge in [-0.1, -0.05) is 84.1 Å². The number of hydrogen-bond acceptors (Lipinski definition) is 5. The predicted molar refractivity (Wildman–Crippen MR) is 146 cm³/mol. The number of aryl methyl sites for hydroxylation is 1. The summed E-state index contributed by atoms with van der Waals surface area (Å²) in [5.74, 6) is 0.855. The molecule has 1 fully saturated rings. The van der Waals surface area contributed by atoms with Crippen molar-refractivity contribution in [3.63, 3.8) is 0 Å². The van der Waals surface area contributed by atoms with Crippen LogP contribution in [0.1, 0.15) is 27.0 Å². The van der Waals surface area contributed by atoms with Crippen LogP contribution in [0.3, 0.4) is 0 Å². The molecule has 1 aliphatic rings. The van der Waals surface area contributed by atoms with Gasteiger partial charge in [0.25, 0.3) is 5.91 Å². The van der Waals surface area contributed by atoms with Gasteiger partial charge in [-0.15, -0.1) is 10.2 Å². The summed E-state index contributed by atoms with van der Waals surface area (Å²) in [5, 5.41) is 9.66. The number of thioether (sulfide) groups is 1. The van der Waals surface area contributed by atoms with Gasteiger partial charge < -0.3 is 4.90 Å². The van der Waals surface area contributed by atoms with Crippen molar-refractivity contribution >= 4 is 17.7 Å². The summed E-state index contributed by atoms with van der Waals surface area (Å²) < 4.78 is 0. The quantitative estimate of drug-likeness (QED) is 0.308. The van der Waals surface area contributed by atoms with Gasteiger partial charge in [-0.3, -0.25) is 9.69 Å². The molecule has 1 aliphatic heterocycles. The van der Waals surface area contributed by atoms with Crippen LogP contribution in [0.4, 0.5) is 0 Å². The van der Waals surface area contributed by atoms with Crippen LogP contribution >= 0.6 is 11.8 Å². The smallest absolute Gasteiger partial charge is 0.253 e. The molecule has 0 N–H and O–H groups in total. The lowest BCUT2D eigenvalue weighted by atomic mass is 10.1. The van der Waals surface area contributed by atoms with Crippen molar-refractivity contribution in [1.82, 2.24) is 20.0 Å². The maximum absolute atomic E-state index is 13.2. The van der Waals surface area contributed by atoms with Crippen LogP contribution in [0.25, 0.3) is 11.3 Å². The normalized spacial score (nSPS) is 14.1. The summed E-state index contributed by atoms with van der Waals surface area (Å²) in [5.41, 5.74) is 6.35. The molecule has 0 atom stereocenters. The molecule has 6 heteroatoms. The van der Waals surface area contributed by atoms with Gasteiger partial charge in [0.2, 0.25) is 0 Å². The molecular formula is C30H30N4OS. The molecule has 2 heterocycles. The number of benzene rings is 3. The molecule has 1 amide bonds. The summed E-state index contributed by atoms with van der Waals surface area (Å²) in [6, 6.07) is 30.8. The van der Waals surface area contributed by atoms with Gasteiger partial charge in [0.15, 0.2) is 0 Å². The first-order chi connectivity index (χ1) is 17.6. The lowest BCUT2D eigenvalue weighted by Crippen LogP contribution is -2.48. The molecule has 4 aromatic rings. The Kier molecular flexibility index (Phi) is 7.74. The molecule has 1 aromatic heterocycles. The van der Waals surface area contributed by atoms with Crippen molar-refractivity contribution in [1.29, 1.82) is 0 Å². The van der Waals surface area contributed by atoms with E-state index in [9.17, 15) is 4.79 Å². The van der Waals surface area contributed by atoms with Crippen LogP contribution in [0.5, 0.6) is 0 Å². The molecule has 0 spiro atoms. The minimum Gasteiger partial charge on any atom is -0.336 e. The van der Waals surface area contributed by atoms with E-state index in [0.717, 1.165) is 65.9 Å². The SMILES string of the molecule is Cc1ccc(-c2ccc(SCc3cccc(C(=O)N4CCN(Cc5ccccc5)CC4)c3)nn2)cc1. The van der Waals surface area contributed by atoms with E-state index in [4.69, 9.17) is 0 Å². The fraction of sp³-hybridized carbons (Fsp3) is 0.233. The highest BCUT2D eigenvalue weighted by Crippen LogP contribution is 2.24.